The van der Waals surface area contributed by atoms with E-state index in [1.54, 1.807) is 48.5 Å². The smallest absolute Gasteiger partial charge is 0.266 e. The van der Waals surface area contributed by atoms with Crippen molar-refractivity contribution in [2.75, 3.05) is 5.73 Å². The van der Waals surface area contributed by atoms with Crippen molar-refractivity contribution >= 4 is 16.6 Å². The number of para-hydroxylation sites is 3. The van der Waals surface area contributed by atoms with Crippen LogP contribution in [0.2, 0.25) is 0 Å². The standard InChI is InChI=1S/C15H10N4O/c16-9-14-18-12-7-3-1-5-10(12)15(20)19(14)13-8-4-2-6-11(13)17/h1-8H,17H2. The van der Waals surface area contributed by atoms with Crippen LogP contribution in [0, 0.1) is 11.3 Å². The molecule has 0 aliphatic rings. The van der Waals surface area contributed by atoms with Gasteiger partial charge in [0, 0.05) is 0 Å². The van der Waals surface area contributed by atoms with Gasteiger partial charge in [0.2, 0.25) is 5.82 Å². The zero-order valence-corrected chi connectivity index (χ0v) is 10.4. The summed E-state index contributed by atoms with van der Waals surface area (Å²) in [5.74, 6) is 0.0200. The fourth-order valence-corrected chi connectivity index (χ4v) is 2.12. The van der Waals surface area contributed by atoms with E-state index in [-0.39, 0.29) is 11.4 Å². The van der Waals surface area contributed by atoms with Gasteiger partial charge >= 0.3 is 0 Å². The van der Waals surface area contributed by atoms with E-state index in [0.717, 1.165) is 0 Å². The predicted molar refractivity (Wildman–Crippen MR) is 76.5 cm³/mol. The summed E-state index contributed by atoms with van der Waals surface area (Å²) in [6.07, 6.45) is 0. The van der Waals surface area contributed by atoms with Crippen molar-refractivity contribution in [2.24, 2.45) is 0 Å². The van der Waals surface area contributed by atoms with Crippen molar-refractivity contribution in [3.63, 3.8) is 0 Å². The minimum Gasteiger partial charge on any atom is -0.397 e. The number of aromatic nitrogens is 2. The summed E-state index contributed by atoms with van der Waals surface area (Å²) in [6.45, 7) is 0. The Kier molecular flexibility index (Phi) is 2.70. The van der Waals surface area contributed by atoms with Crippen molar-refractivity contribution in [1.29, 1.82) is 5.26 Å². The quantitative estimate of drug-likeness (QED) is 0.678. The highest BCUT2D eigenvalue weighted by Crippen LogP contribution is 2.17. The van der Waals surface area contributed by atoms with E-state index in [2.05, 4.69) is 4.98 Å². The number of nitriles is 1. The van der Waals surface area contributed by atoms with Crippen LogP contribution in [0.5, 0.6) is 0 Å². The number of nitrogen functional groups attached to an aromatic ring is 1. The summed E-state index contributed by atoms with van der Waals surface area (Å²) in [5.41, 5.74) is 6.98. The molecular weight excluding hydrogens is 252 g/mol. The number of rotatable bonds is 1. The third-order valence-corrected chi connectivity index (χ3v) is 3.05. The van der Waals surface area contributed by atoms with E-state index < -0.39 is 0 Å². The molecule has 1 aromatic heterocycles. The molecule has 96 valence electrons. The highest BCUT2D eigenvalue weighted by atomic mass is 16.1. The third-order valence-electron chi connectivity index (χ3n) is 3.05. The van der Waals surface area contributed by atoms with Crippen molar-refractivity contribution < 1.29 is 0 Å². The molecule has 0 fully saturated rings. The summed E-state index contributed by atoms with van der Waals surface area (Å²) in [6, 6.07) is 15.8. The minimum absolute atomic E-state index is 0.0200. The maximum absolute atomic E-state index is 12.6. The topological polar surface area (TPSA) is 84.7 Å². The summed E-state index contributed by atoms with van der Waals surface area (Å²) in [4.78, 5) is 16.8. The summed E-state index contributed by atoms with van der Waals surface area (Å²) < 4.78 is 1.25. The van der Waals surface area contributed by atoms with Crippen molar-refractivity contribution in [1.82, 2.24) is 9.55 Å². The number of fused-ring (bicyclic) bond motifs is 1. The van der Waals surface area contributed by atoms with Gasteiger partial charge in [-0.3, -0.25) is 4.79 Å². The Morgan fingerprint density at radius 1 is 1.10 bits per heavy atom. The Hall–Kier alpha value is -3.13. The molecule has 0 spiro atoms. The molecule has 0 radical (unpaired) electrons. The van der Waals surface area contributed by atoms with Crippen molar-refractivity contribution in [3.8, 4) is 11.8 Å². The first-order valence-electron chi connectivity index (χ1n) is 5.99. The number of hydrogen-bond donors (Lipinski definition) is 1. The first-order chi connectivity index (χ1) is 9.72. The molecule has 3 rings (SSSR count). The van der Waals surface area contributed by atoms with E-state index >= 15 is 0 Å². The fraction of sp³-hybridized carbons (Fsp3) is 0. The number of benzene rings is 2. The molecule has 0 atom stereocenters. The van der Waals surface area contributed by atoms with Crippen LogP contribution in [-0.4, -0.2) is 9.55 Å². The maximum atomic E-state index is 12.6. The van der Waals surface area contributed by atoms with Gasteiger partial charge < -0.3 is 5.73 Å². The second-order valence-electron chi connectivity index (χ2n) is 4.26. The van der Waals surface area contributed by atoms with Gasteiger partial charge in [0.1, 0.15) is 6.07 Å². The Bertz CT molecular complexity index is 906. The van der Waals surface area contributed by atoms with Crippen LogP contribution < -0.4 is 11.3 Å². The van der Waals surface area contributed by atoms with E-state index in [1.165, 1.54) is 4.57 Å². The molecule has 0 amide bonds. The van der Waals surface area contributed by atoms with Crippen molar-refractivity contribution in [2.45, 2.75) is 0 Å². The number of hydrogen-bond acceptors (Lipinski definition) is 4. The van der Waals surface area contributed by atoms with Crippen LogP contribution in [0.3, 0.4) is 0 Å². The van der Waals surface area contributed by atoms with Gasteiger partial charge in [-0.15, -0.1) is 0 Å². The molecule has 0 saturated carbocycles. The highest BCUT2D eigenvalue weighted by Gasteiger charge is 2.13. The molecule has 5 heteroatoms. The van der Waals surface area contributed by atoms with Crippen LogP contribution in [0.4, 0.5) is 5.69 Å². The fourth-order valence-electron chi connectivity index (χ4n) is 2.12. The molecule has 0 saturated heterocycles. The molecule has 0 unspecified atom stereocenters. The average Bonchev–Trinajstić information content (AvgIpc) is 2.48. The van der Waals surface area contributed by atoms with E-state index in [1.807, 2.05) is 6.07 Å². The van der Waals surface area contributed by atoms with E-state index in [0.29, 0.717) is 22.3 Å². The van der Waals surface area contributed by atoms with Gasteiger partial charge in [0.25, 0.3) is 5.56 Å². The number of anilines is 1. The van der Waals surface area contributed by atoms with Gasteiger partial charge in [0.15, 0.2) is 0 Å². The minimum atomic E-state index is -0.301. The third kappa shape index (κ3) is 1.71. The van der Waals surface area contributed by atoms with Gasteiger partial charge in [-0.05, 0) is 24.3 Å². The molecule has 5 nitrogen and oxygen atoms in total. The summed E-state index contributed by atoms with van der Waals surface area (Å²) >= 11 is 0. The monoisotopic (exact) mass is 262 g/mol. The Morgan fingerprint density at radius 2 is 1.80 bits per heavy atom. The zero-order chi connectivity index (χ0) is 14.1. The SMILES string of the molecule is N#Cc1nc2ccccc2c(=O)n1-c1ccccc1N. The van der Waals surface area contributed by atoms with Gasteiger partial charge in [-0.1, -0.05) is 24.3 Å². The largest absolute Gasteiger partial charge is 0.397 e. The van der Waals surface area contributed by atoms with Crippen LogP contribution >= 0.6 is 0 Å². The van der Waals surface area contributed by atoms with Gasteiger partial charge in [-0.25, -0.2) is 9.55 Å². The Balaban J connectivity index is 2.48. The van der Waals surface area contributed by atoms with Crippen LogP contribution in [0.1, 0.15) is 5.82 Å². The second-order valence-corrected chi connectivity index (χ2v) is 4.26. The molecule has 2 N–H and O–H groups in total. The van der Waals surface area contributed by atoms with Gasteiger partial charge in [-0.2, -0.15) is 5.26 Å². The second kappa shape index (κ2) is 4.52. The Labute approximate surface area is 114 Å². The highest BCUT2D eigenvalue weighted by molar-refractivity contribution is 5.78. The lowest BCUT2D eigenvalue weighted by Gasteiger charge is -2.11. The lowest BCUT2D eigenvalue weighted by Crippen LogP contribution is -2.23. The predicted octanol–water partition coefficient (Wildman–Crippen LogP) is 1.84. The molecule has 0 aliphatic heterocycles. The molecule has 0 aliphatic carbocycles. The first kappa shape index (κ1) is 11.9. The number of nitrogens with zero attached hydrogens (tertiary/aromatic N) is 3. The summed E-state index contributed by atoms with van der Waals surface area (Å²) in [7, 11) is 0. The van der Waals surface area contributed by atoms with Gasteiger partial charge in [0.05, 0.1) is 22.3 Å². The molecule has 0 bridgehead atoms. The molecule has 3 aromatic rings. The molecule has 1 heterocycles. The van der Waals surface area contributed by atoms with E-state index in [9.17, 15) is 10.1 Å². The van der Waals surface area contributed by atoms with Crippen molar-refractivity contribution in [3.05, 3.63) is 64.7 Å². The van der Waals surface area contributed by atoms with Crippen LogP contribution in [0.25, 0.3) is 16.6 Å². The maximum Gasteiger partial charge on any atom is 0.266 e. The summed E-state index contributed by atoms with van der Waals surface area (Å²) in [5, 5.41) is 9.69. The zero-order valence-electron chi connectivity index (χ0n) is 10.4. The number of nitrogens with two attached hydrogens (primary N) is 1. The molecule has 2 aromatic carbocycles. The first-order valence-corrected chi connectivity index (χ1v) is 5.99. The molecular formula is C15H10N4O. The van der Waals surface area contributed by atoms with Crippen LogP contribution in [-0.2, 0) is 0 Å². The van der Waals surface area contributed by atoms with E-state index in [4.69, 9.17) is 5.73 Å². The Morgan fingerprint density at radius 3 is 2.55 bits per heavy atom. The lowest BCUT2D eigenvalue weighted by molar-refractivity contribution is 0.935. The lowest BCUT2D eigenvalue weighted by atomic mass is 10.2. The average molecular weight is 262 g/mol. The molecule has 20 heavy (non-hydrogen) atoms. The van der Waals surface area contributed by atoms with Crippen LogP contribution in [0.15, 0.2) is 53.3 Å². The normalized spacial score (nSPS) is 10.3.